The molecule has 1 N–H and O–H groups in total. The van der Waals surface area contributed by atoms with Crippen molar-refractivity contribution in [2.24, 2.45) is 0 Å². The number of nitrogens with zero attached hydrogens (tertiary/aromatic N) is 4. The molecule has 0 saturated carbocycles. The van der Waals surface area contributed by atoms with Crippen LogP contribution in [0.3, 0.4) is 0 Å². The van der Waals surface area contributed by atoms with Gasteiger partial charge in [-0.15, -0.1) is 0 Å². The van der Waals surface area contributed by atoms with Crippen molar-refractivity contribution in [3.05, 3.63) is 77.3 Å². The lowest BCUT2D eigenvalue weighted by Gasteiger charge is -2.24. The Morgan fingerprint density at radius 1 is 1.00 bits per heavy atom. The Labute approximate surface area is 250 Å². The highest BCUT2D eigenvalue weighted by Gasteiger charge is 2.49. The number of Topliss-reactive ketones (excluding diaryl/α,β-unsaturated/α-hetero) is 1. The molecule has 1 atom stereocenters. The molecule has 1 aliphatic heterocycles. The first kappa shape index (κ1) is 28.0. The van der Waals surface area contributed by atoms with Gasteiger partial charge in [0.1, 0.15) is 17.1 Å². The number of ether oxygens (including phenoxy) is 4. The zero-order valence-electron chi connectivity index (χ0n) is 24.1. The zero-order valence-corrected chi connectivity index (χ0v) is 24.9. The van der Waals surface area contributed by atoms with Crippen LogP contribution in [0.25, 0.3) is 21.6 Å². The minimum Gasteiger partial charge on any atom is -0.505 e. The highest BCUT2D eigenvalue weighted by Crippen LogP contribution is 2.48. The third-order valence-corrected chi connectivity index (χ3v) is 8.26. The monoisotopic (exact) mass is 600 g/mol. The van der Waals surface area contributed by atoms with Crippen LogP contribution < -0.4 is 23.8 Å². The number of pyridine rings is 1. The first-order valence-electron chi connectivity index (χ1n) is 13.4. The number of thiazole rings is 1. The van der Waals surface area contributed by atoms with Gasteiger partial charge in [-0.05, 0) is 61.9 Å². The number of methoxy groups -OCH3 is 3. The average molecular weight is 601 g/mol. The normalized spacial score (nSPS) is 16.3. The molecule has 0 spiro atoms. The second kappa shape index (κ2) is 11.0. The van der Waals surface area contributed by atoms with Crippen LogP contribution >= 0.6 is 11.3 Å². The Morgan fingerprint density at radius 2 is 1.74 bits per heavy atom. The lowest BCUT2D eigenvalue weighted by Crippen LogP contribution is -2.29. The number of hydrogen-bond donors (Lipinski definition) is 1. The van der Waals surface area contributed by atoms with E-state index in [9.17, 15) is 14.7 Å². The van der Waals surface area contributed by atoms with Gasteiger partial charge in [-0.25, -0.2) is 9.97 Å². The van der Waals surface area contributed by atoms with Crippen LogP contribution in [-0.2, 0) is 9.59 Å². The molecule has 43 heavy (non-hydrogen) atoms. The third kappa shape index (κ3) is 4.50. The van der Waals surface area contributed by atoms with Crippen molar-refractivity contribution >= 4 is 49.8 Å². The van der Waals surface area contributed by atoms with Crippen LogP contribution in [0.4, 0.5) is 5.13 Å². The van der Waals surface area contributed by atoms with Crippen molar-refractivity contribution in [1.82, 2.24) is 14.4 Å². The molecular weight excluding hydrogens is 572 g/mol. The summed E-state index contributed by atoms with van der Waals surface area (Å²) in [4.78, 5) is 38.3. The van der Waals surface area contributed by atoms with Gasteiger partial charge in [0, 0.05) is 6.20 Å². The summed E-state index contributed by atoms with van der Waals surface area (Å²) < 4.78 is 24.8. The first-order valence-corrected chi connectivity index (χ1v) is 14.2. The van der Waals surface area contributed by atoms with E-state index < -0.39 is 17.7 Å². The summed E-state index contributed by atoms with van der Waals surface area (Å²) in [5, 5.41) is 12.1. The predicted octanol–water partition coefficient (Wildman–Crippen LogP) is 5.30. The fraction of sp³-hybridized carbons (Fsp3) is 0.226. The smallest absolute Gasteiger partial charge is 0.301 e. The number of aliphatic hydroxyl groups is 1. The summed E-state index contributed by atoms with van der Waals surface area (Å²) in [6, 6.07) is 13.1. The van der Waals surface area contributed by atoms with Gasteiger partial charge in [0.25, 0.3) is 5.78 Å². The molecule has 11 nitrogen and oxygen atoms in total. The molecule has 2 aromatic carbocycles. The molecule has 5 aromatic rings. The Hall–Kier alpha value is -5.10. The van der Waals surface area contributed by atoms with Gasteiger partial charge in [-0.3, -0.25) is 18.9 Å². The topological polar surface area (TPSA) is 125 Å². The van der Waals surface area contributed by atoms with E-state index in [1.54, 1.807) is 53.9 Å². The Morgan fingerprint density at radius 3 is 2.42 bits per heavy atom. The van der Waals surface area contributed by atoms with Crippen molar-refractivity contribution in [2.45, 2.75) is 19.9 Å². The lowest BCUT2D eigenvalue weighted by molar-refractivity contribution is -0.132. The number of aryl methyl sites for hydroxylation is 1. The third-order valence-electron chi connectivity index (χ3n) is 7.24. The Kier molecular flexibility index (Phi) is 7.14. The summed E-state index contributed by atoms with van der Waals surface area (Å²) in [5.74, 6) is -0.427. The summed E-state index contributed by atoms with van der Waals surface area (Å²) in [6.07, 6.45) is 1.73. The molecule has 1 saturated heterocycles. The van der Waals surface area contributed by atoms with Gasteiger partial charge < -0.3 is 24.1 Å². The molecule has 1 fully saturated rings. The Balaban J connectivity index is 1.62. The molecular formula is C31H28N4O7S. The molecule has 0 aliphatic carbocycles. The van der Waals surface area contributed by atoms with Gasteiger partial charge in [0.05, 0.1) is 55.5 Å². The maximum Gasteiger partial charge on any atom is 0.301 e. The maximum atomic E-state index is 13.9. The highest BCUT2D eigenvalue weighted by atomic mass is 32.1. The molecule has 0 radical (unpaired) electrons. The molecule has 1 amide bonds. The molecule has 4 heterocycles. The van der Waals surface area contributed by atoms with Gasteiger partial charge in [-0.2, -0.15) is 0 Å². The number of aliphatic hydroxyl groups excluding tert-OH is 1. The number of carbonyl (C=O) groups is 2. The second-order valence-corrected chi connectivity index (χ2v) is 10.7. The number of imidazole rings is 1. The molecule has 3 aromatic heterocycles. The zero-order chi connectivity index (χ0) is 30.4. The van der Waals surface area contributed by atoms with E-state index in [1.807, 2.05) is 19.1 Å². The van der Waals surface area contributed by atoms with E-state index in [0.29, 0.717) is 57.7 Å². The summed E-state index contributed by atoms with van der Waals surface area (Å²) in [7, 11) is 4.43. The summed E-state index contributed by atoms with van der Waals surface area (Å²) in [6.45, 7) is 4.12. The van der Waals surface area contributed by atoms with E-state index >= 15 is 0 Å². The number of rotatable bonds is 8. The summed E-state index contributed by atoms with van der Waals surface area (Å²) in [5.41, 5.74) is 2.32. The summed E-state index contributed by atoms with van der Waals surface area (Å²) >= 11 is 1.24. The SMILES string of the molecule is CCOc1ccc2nc(N3C(=O)C(=O)/C(=C(/O)c4c(C)nc5ccccn45)C3c3cc(OC)c(OC)c(OC)c3)sc2c1. The van der Waals surface area contributed by atoms with Gasteiger partial charge in [0.15, 0.2) is 22.4 Å². The van der Waals surface area contributed by atoms with E-state index in [4.69, 9.17) is 23.9 Å². The minimum atomic E-state index is -1.09. The van der Waals surface area contributed by atoms with Crippen molar-refractivity contribution in [3.8, 4) is 23.0 Å². The van der Waals surface area contributed by atoms with Crippen molar-refractivity contribution in [3.63, 3.8) is 0 Å². The molecule has 0 bridgehead atoms. The molecule has 220 valence electrons. The van der Waals surface area contributed by atoms with Gasteiger partial charge in [0.2, 0.25) is 5.75 Å². The number of aromatic nitrogens is 3. The van der Waals surface area contributed by atoms with Crippen molar-refractivity contribution < 1.29 is 33.6 Å². The number of fused-ring (bicyclic) bond motifs is 2. The molecule has 12 heteroatoms. The average Bonchev–Trinajstić information content (AvgIpc) is 3.66. The van der Waals surface area contributed by atoms with Crippen LogP contribution in [0, 0.1) is 6.92 Å². The quantitative estimate of drug-likeness (QED) is 0.143. The minimum absolute atomic E-state index is 0.123. The van der Waals surface area contributed by atoms with Gasteiger partial charge >= 0.3 is 5.91 Å². The van der Waals surface area contributed by atoms with Crippen LogP contribution in [0.15, 0.2) is 60.3 Å². The fourth-order valence-electron chi connectivity index (χ4n) is 5.38. The maximum absolute atomic E-state index is 13.9. The number of hydrogen-bond acceptors (Lipinski definition) is 10. The molecule has 1 aliphatic rings. The van der Waals surface area contributed by atoms with Crippen molar-refractivity contribution in [2.75, 3.05) is 32.8 Å². The van der Waals surface area contributed by atoms with Crippen molar-refractivity contribution in [1.29, 1.82) is 0 Å². The number of anilines is 1. The van der Waals surface area contributed by atoms with Crippen LogP contribution in [-0.4, -0.2) is 59.1 Å². The highest BCUT2D eigenvalue weighted by molar-refractivity contribution is 7.22. The predicted molar refractivity (Wildman–Crippen MR) is 162 cm³/mol. The number of ketones is 1. The van der Waals surface area contributed by atoms with E-state index in [-0.39, 0.29) is 16.5 Å². The van der Waals surface area contributed by atoms with E-state index in [2.05, 4.69) is 4.98 Å². The second-order valence-electron chi connectivity index (χ2n) is 9.66. The number of amides is 1. The van der Waals surface area contributed by atoms with Gasteiger partial charge in [-0.1, -0.05) is 17.4 Å². The molecule has 1 unspecified atom stereocenters. The first-order chi connectivity index (χ1) is 20.8. The molecule has 6 rings (SSSR count). The lowest BCUT2D eigenvalue weighted by atomic mass is 9.95. The standard InChI is InChI=1S/C31H28N4O7S/c1-6-42-18-10-11-19-22(15-18)43-31(33-19)35-26(17-13-20(39-3)29(41-5)21(14-17)40-4)24(28(37)30(35)38)27(36)25-16(2)32-23-9-7-8-12-34(23)25/h7-15,26,36H,6H2,1-5H3/b27-24+. The van der Waals surface area contributed by atoms with Crippen LogP contribution in [0.1, 0.15) is 29.9 Å². The largest absolute Gasteiger partial charge is 0.505 e. The van der Waals surface area contributed by atoms with E-state index in [0.717, 1.165) is 4.70 Å². The Bertz CT molecular complexity index is 1920. The van der Waals surface area contributed by atoms with E-state index in [1.165, 1.54) is 37.6 Å². The number of carbonyl (C=O) groups excluding carboxylic acids is 2. The fourth-order valence-corrected chi connectivity index (χ4v) is 6.40. The van der Waals surface area contributed by atoms with Crippen LogP contribution in [0.2, 0.25) is 0 Å². The number of benzene rings is 2. The van der Waals surface area contributed by atoms with Crippen LogP contribution in [0.5, 0.6) is 23.0 Å².